The van der Waals surface area contributed by atoms with E-state index in [2.05, 4.69) is 5.43 Å². The van der Waals surface area contributed by atoms with E-state index in [9.17, 15) is 0 Å². The molecule has 2 heteroatoms. The third-order valence-electron chi connectivity index (χ3n) is 3.09. The Kier molecular flexibility index (Phi) is 6.21. The van der Waals surface area contributed by atoms with Gasteiger partial charge in [0.1, 0.15) is 0 Å². The Morgan fingerprint density at radius 1 is 0.692 bits per heavy atom. The van der Waals surface area contributed by atoms with Crippen LogP contribution in [0.15, 0.2) is 0 Å². The van der Waals surface area contributed by atoms with E-state index in [1.165, 1.54) is 64.2 Å². The van der Waals surface area contributed by atoms with Crippen LogP contribution in [0.5, 0.6) is 0 Å². The SMILES string of the molecule is NNC1CCCCCCCCCC1. The third kappa shape index (κ3) is 5.27. The number of hydrazine groups is 1. The van der Waals surface area contributed by atoms with E-state index in [1.807, 2.05) is 0 Å². The van der Waals surface area contributed by atoms with Crippen LogP contribution >= 0.6 is 0 Å². The lowest BCUT2D eigenvalue weighted by atomic mass is 10.0. The highest BCUT2D eigenvalue weighted by molar-refractivity contribution is 4.64. The van der Waals surface area contributed by atoms with Crippen LogP contribution < -0.4 is 11.3 Å². The lowest BCUT2D eigenvalue weighted by Gasteiger charge is -2.14. The molecule has 0 atom stereocenters. The molecule has 0 heterocycles. The molecule has 0 unspecified atom stereocenters. The molecule has 0 aromatic carbocycles. The monoisotopic (exact) mass is 184 g/mol. The summed E-state index contributed by atoms with van der Waals surface area (Å²) in [4.78, 5) is 0. The highest BCUT2D eigenvalue weighted by atomic mass is 15.2. The molecular weight excluding hydrogens is 160 g/mol. The van der Waals surface area contributed by atoms with Crippen LogP contribution in [0.2, 0.25) is 0 Å². The Hall–Kier alpha value is -0.0800. The minimum absolute atomic E-state index is 0.582. The van der Waals surface area contributed by atoms with Crippen molar-refractivity contribution in [1.82, 2.24) is 5.43 Å². The normalized spacial score (nSPS) is 23.8. The summed E-state index contributed by atoms with van der Waals surface area (Å²) in [7, 11) is 0. The van der Waals surface area contributed by atoms with Crippen LogP contribution in [0, 0.1) is 0 Å². The van der Waals surface area contributed by atoms with E-state index in [-0.39, 0.29) is 0 Å². The van der Waals surface area contributed by atoms with Gasteiger partial charge in [-0.05, 0) is 12.8 Å². The van der Waals surface area contributed by atoms with Crippen molar-refractivity contribution < 1.29 is 0 Å². The zero-order valence-corrected chi connectivity index (χ0v) is 8.73. The summed E-state index contributed by atoms with van der Waals surface area (Å²) in [6, 6.07) is 0.582. The molecule has 0 spiro atoms. The Bertz CT molecular complexity index is 103. The van der Waals surface area contributed by atoms with Crippen molar-refractivity contribution in [1.29, 1.82) is 0 Å². The molecule has 0 aromatic rings. The second-order valence-corrected chi connectivity index (χ2v) is 4.27. The number of rotatable bonds is 1. The lowest BCUT2D eigenvalue weighted by molar-refractivity contribution is 0.430. The predicted molar refractivity (Wildman–Crippen MR) is 57.3 cm³/mol. The molecule has 0 amide bonds. The zero-order valence-electron chi connectivity index (χ0n) is 8.73. The zero-order chi connectivity index (χ0) is 9.36. The van der Waals surface area contributed by atoms with E-state index in [0.717, 1.165) is 0 Å². The van der Waals surface area contributed by atoms with Gasteiger partial charge in [0, 0.05) is 6.04 Å². The van der Waals surface area contributed by atoms with Crippen LogP contribution in [0.4, 0.5) is 0 Å². The van der Waals surface area contributed by atoms with Crippen LogP contribution in [-0.4, -0.2) is 6.04 Å². The summed E-state index contributed by atoms with van der Waals surface area (Å²) >= 11 is 0. The Labute approximate surface area is 82.2 Å². The first-order valence-corrected chi connectivity index (χ1v) is 5.89. The van der Waals surface area contributed by atoms with E-state index < -0.39 is 0 Å². The molecule has 78 valence electrons. The van der Waals surface area contributed by atoms with Crippen LogP contribution in [-0.2, 0) is 0 Å². The van der Waals surface area contributed by atoms with Gasteiger partial charge >= 0.3 is 0 Å². The summed E-state index contributed by atoms with van der Waals surface area (Å²) in [6.07, 6.45) is 13.8. The van der Waals surface area contributed by atoms with Gasteiger partial charge in [-0.25, -0.2) is 0 Å². The average molecular weight is 184 g/mol. The van der Waals surface area contributed by atoms with Crippen molar-refractivity contribution in [2.45, 2.75) is 70.3 Å². The molecule has 1 aliphatic rings. The van der Waals surface area contributed by atoms with Gasteiger partial charge in [-0.3, -0.25) is 11.3 Å². The Morgan fingerprint density at radius 2 is 1.08 bits per heavy atom. The molecule has 1 fully saturated rings. The van der Waals surface area contributed by atoms with Crippen LogP contribution in [0.25, 0.3) is 0 Å². The van der Waals surface area contributed by atoms with E-state index in [1.54, 1.807) is 0 Å². The van der Waals surface area contributed by atoms with Crippen molar-refractivity contribution >= 4 is 0 Å². The molecule has 1 aliphatic carbocycles. The fourth-order valence-electron chi connectivity index (χ4n) is 2.15. The molecule has 13 heavy (non-hydrogen) atoms. The molecule has 1 saturated carbocycles. The second kappa shape index (κ2) is 7.34. The lowest BCUT2D eigenvalue weighted by Crippen LogP contribution is -2.34. The van der Waals surface area contributed by atoms with Crippen molar-refractivity contribution in [3.8, 4) is 0 Å². The van der Waals surface area contributed by atoms with Crippen LogP contribution in [0.3, 0.4) is 0 Å². The van der Waals surface area contributed by atoms with Gasteiger partial charge in [-0.1, -0.05) is 51.4 Å². The van der Waals surface area contributed by atoms with Crippen molar-refractivity contribution in [3.05, 3.63) is 0 Å². The molecule has 0 aliphatic heterocycles. The molecule has 1 rings (SSSR count). The van der Waals surface area contributed by atoms with Gasteiger partial charge in [0.2, 0.25) is 0 Å². The highest BCUT2D eigenvalue weighted by Gasteiger charge is 2.06. The fraction of sp³-hybridized carbons (Fsp3) is 1.00. The minimum Gasteiger partial charge on any atom is -0.271 e. The first kappa shape index (κ1) is 11.0. The average Bonchev–Trinajstić information content (AvgIpc) is 2.22. The Balaban J connectivity index is 2.18. The topological polar surface area (TPSA) is 38.0 Å². The maximum Gasteiger partial charge on any atom is 0.0210 e. The van der Waals surface area contributed by atoms with Crippen molar-refractivity contribution in [2.24, 2.45) is 5.84 Å². The summed E-state index contributed by atoms with van der Waals surface area (Å²) in [5.41, 5.74) is 2.94. The number of nitrogens with two attached hydrogens (primary N) is 1. The molecule has 0 aromatic heterocycles. The number of hydrogen-bond acceptors (Lipinski definition) is 2. The molecule has 2 nitrogen and oxygen atoms in total. The summed E-state index contributed by atoms with van der Waals surface area (Å²) < 4.78 is 0. The van der Waals surface area contributed by atoms with Gasteiger partial charge in [-0.2, -0.15) is 0 Å². The minimum atomic E-state index is 0.582. The highest BCUT2D eigenvalue weighted by Crippen LogP contribution is 2.16. The third-order valence-corrected chi connectivity index (χ3v) is 3.09. The van der Waals surface area contributed by atoms with Crippen molar-refractivity contribution in [3.63, 3.8) is 0 Å². The molecule has 3 N–H and O–H groups in total. The number of nitrogens with one attached hydrogen (secondary N) is 1. The van der Waals surface area contributed by atoms with E-state index >= 15 is 0 Å². The molecular formula is C11H24N2. The fourth-order valence-corrected chi connectivity index (χ4v) is 2.15. The molecule has 0 bridgehead atoms. The molecule has 0 radical (unpaired) electrons. The summed E-state index contributed by atoms with van der Waals surface area (Å²) in [5.74, 6) is 5.50. The maximum absolute atomic E-state index is 5.50. The van der Waals surface area contributed by atoms with Gasteiger partial charge in [0.25, 0.3) is 0 Å². The molecule has 0 saturated heterocycles. The van der Waals surface area contributed by atoms with Gasteiger partial charge in [0.15, 0.2) is 0 Å². The standard InChI is InChI=1S/C11H24N2/c12-13-11-9-7-5-3-1-2-4-6-8-10-11/h11,13H,1-10,12H2. The quantitative estimate of drug-likeness (QED) is 0.486. The van der Waals surface area contributed by atoms with Gasteiger partial charge in [-0.15, -0.1) is 0 Å². The summed E-state index contributed by atoms with van der Waals surface area (Å²) in [6.45, 7) is 0. The first-order valence-electron chi connectivity index (χ1n) is 5.89. The maximum atomic E-state index is 5.50. The second-order valence-electron chi connectivity index (χ2n) is 4.27. The first-order chi connectivity index (χ1) is 6.43. The van der Waals surface area contributed by atoms with E-state index in [4.69, 9.17) is 5.84 Å². The largest absolute Gasteiger partial charge is 0.271 e. The Morgan fingerprint density at radius 3 is 1.46 bits per heavy atom. The predicted octanol–water partition coefficient (Wildman–Crippen LogP) is 2.73. The van der Waals surface area contributed by atoms with Gasteiger partial charge < -0.3 is 0 Å². The van der Waals surface area contributed by atoms with Crippen molar-refractivity contribution in [2.75, 3.05) is 0 Å². The van der Waals surface area contributed by atoms with Gasteiger partial charge in [0.05, 0.1) is 0 Å². The van der Waals surface area contributed by atoms with Crippen LogP contribution in [0.1, 0.15) is 64.2 Å². The number of hydrogen-bond donors (Lipinski definition) is 2. The summed E-state index contributed by atoms with van der Waals surface area (Å²) in [5, 5.41) is 0. The smallest absolute Gasteiger partial charge is 0.0210 e. The van der Waals surface area contributed by atoms with E-state index in [0.29, 0.717) is 6.04 Å².